The van der Waals surface area contributed by atoms with Gasteiger partial charge in [0.25, 0.3) is 21.8 Å². The zero-order valence-corrected chi connectivity index (χ0v) is 25.2. The van der Waals surface area contributed by atoms with Crippen LogP contribution in [0.4, 0.5) is 0 Å². The number of hydrogen-bond acceptors (Lipinski definition) is 8. The van der Waals surface area contributed by atoms with E-state index in [-0.39, 0.29) is 32.0 Å². The van der Waals surface area contributed by atoms with Crippen LogP contribution >= 0.6 is 24.0 Å². The van der Waals surface area contributed by atoms with Gasteiger partial charge in [0.05, 0.1) is 9.80 Å². The Hall–Kier alpha value is -4.45. The molecule has 8 nitrogen and oxygen atoms in total. The van der Waals surface area contributed by atoms with Gasteiger partial charge >= 0.3 is 0 Å². The maximum atomic E-state index is 13.7. The number of thioether (sulfide) groups is 1. The molecule has 4 aromatic carbocycles. The number of hydrogen-bond donors (Lipinski definition) is 3. The van der Waals surface area contributed by atoms with E-state index in [0.29, 0.717) is 11.1 Å². The number of nitrogens with zero attached hydrogens (tertiary/aromatic N) is 1. The summed E-state index contributed by atoms with van der Waals surface area (Å²) < 4.78 is 28.4. The van der Waals surface area contributed by atoms with Gasteiger partial charge < -0.3 is 10.2 Å². The summed E-state index contributed by atoms with van der Waals surface area (Å²) in [7, 11) is -4.21. The molecule has 1 aliphatic heterocycles. The third-order valence-electron chi connectivity index (χ3n) is 6.72. The van der Waals surface area contributed by atoms with Gasteiger partial charge in [-0.2, -0.15) is 0 Å². The summed E-state index contributed by atoms with van der Waals surface area (Å²) in [5.41, 5.74) is 3.63. The average Bonchev–Trinajstić information content (AvgIpc) is 3.24. The molecule has 4 aromatic rings. The van der Waals surface area contributed by atoms with Crippen molar-refractivity contribution in [2.24, 2.45) is 0 Å². The molecule has 0 bridgehead atoms. The molecule has 5 rings (SSSR count). The number of thiocarbonyl (C=S) groups is 1. The Morgan fingerprint density at radius 1 is 0.930 bits per heavy atom. The fourth-order valence-electron chi connectivity index (χ4n) is 4.55. The highest BCUT2D eigenvalue weighted by atomic mass is 32.2. The zero-order valence-electron chi connectivity index (χ0n) is 22.8. The fourth-order valence-corrected chi connectivity index (χ4v) is 6.92. The summed E-state index contributed by atoms with van der Waals surface area (Å²) in [5.74, 6) is -1.52. The van der Waals surface area contributed by atoms with Crippen molar-refractivity contribution in [2.45, 2.75) is 24.3 Å². The van der Waals surface area contributed by atoms with Crippen molar-refractivity contribution < 1.29 is 28.2 Å². The first-order valence-corrected chi connectivity index (χ1v) is 15.8. The van der Waals surface area contributed by atoms with Crippen LogP contribution in [0.2, 0.25) is 0 Å². The number of rotatable bonds is 8. The number of nitrogens with one attached hydrogen (secondary N) is 1. The van der Waals surface area contributed by atoms with Gasteiger partial charge in [-0.05, 0) is 59.5 Å². The topological polar surface area (TPSA) is 124 Å². The van der Waals surface area contributed by atoms with E-state index >= 15 is 0 Å². The number of aryl methyl sites for hydroxylation is 1. The van der Waals surface area contributed by atoms with E-state index in [2.05, 4.69) is 4.72 Å². The van der Waals surface area contributed by atoms with Crippen molar-refractivity contribution in [2.75, 3.05) is 0 Å². The van der Waals surface area contributed by atoms with E-state index < -0.39 is 27.9 Å². The van der Waals surface area contributed by atoms with Gasteiger partial charge in [0.1, 0.15) is 21.9 Å². The second kappa shape index (κ2) is 12.4. The van der Waals surface area contributed by atoms with Gasteiger partial charge in [-0.25, -0.2) is 13.1 Å². The molecule has 11 heteroatoms. The number of carbonyl (C=O) groups excluding carboxylic acids is 2. The van der Waals surface area contributed by atoms with Crippen LogP contribution in [0.15, 0.2) is 107 Å². The highest BCUT2D eigenvalue weighted by Crippen LogP contribution is 2.35. The number of sulfonamides is 1. The SMILES string of the molecule is Cc1ccc(S(=O)(=O)NC(=O)[C@H](Cc2ccccc2)N2C(=O)/C(=C/c3ccc(-c4cc(O)cc(O)c4)cc3)SC2=S)cc1. The Bertz CT molecular complexity index is 1820. The summed E-state index contributed by atoms with van der Waals surface area (Å²) in [6, 6.07) is 25.2. The van der Waals surface area contributed by atoms with Gasteiger partial charge in [0, 0.05) is 12.5 Å². The van der Waals surface area contributed by atoms with Crippen LogP contribution in [-0.4, -0.2) is 45.7 Å². The number of amides is 2. The third-order valence-corrected chi connectivity index (χ3v) is 9.41. The van der Waals surface area contributed by atoms with Crippen LogP contribution in [0.3, 0.4) is 0 Å². The lowest BCUT2D eigenvalue weighted by Crippen LogP contribution is -2.51. The summed E-state index contributed by atoms with van der Waals surface area (Å²) in [6.45, 7) is 1.82. The second-order valence-corrected chi connectivity index (χ2v) is 13.3. The number of phenolic OH excluding ortho intramolecular Hbond substituents is 2. The maximum Gasteiger partial charge on any atom is 0.266 e. The van der Waals surface area contributed by atoms with E-state index in [1.165, 1.54) is 35.2 Å². The Balaban J connectivity index is 1.41. The standard InChI is InChI=1S/C32H26N2O6S3/c1-20-7-13-27(14-8-20)43(39,40)33-30(37)28(15-21-5-3-2-4-6-21)34-31(38)29(42-32(34)41)16-22-9-11-23(12-10-22)24-17-25(35)19-26(36)18-24/h2-14,16-19,28,35-36H,15H2,1H3,(H,33,37)/b29-16-/t28-/m0/s1. The number of phenols is 2. The summed E-state index contributed by atoms with van der Waals surface area (Å²) in [6.07, 6.45) is 1.69. The van der Waals surface area contributed by atoms with Crippen molar-refractivity contribution >= 4 is 56.2 Å². The molecule has 1 atom stereocenters. The highest BCUT2D eigenvalue weighted by molar-refractivity contribution is 8.26. The highest BCUT2D eigenvalue weighted by Gasteiger charge is 2.41. The van der Waals surface area contributed by atoms with Crippen LogP contribution in [0.1, 0.15) is 16.7 Å². The summed E-state index contributed by atoms with van der Waals surface area (Å²) >= 11 is 6.56. The molecule has 1 aliphatic rings. The van der Waals surface area contributed by atoms with Crippen LogP contribution in [0, 0.1) is 6.92 Å². The second-order valence-electron chi connectivity index (χ2n) is 9.90. The lowest BCUT2D eigenvalue weighted by molar-refractivity contribution is -0.131. The molecule has 0 saturated carbocycles. The quantitative estimate of drug-likeness (QED) is 0.175. The van der Waals surface area contributed by atoms with E-state index in [0.717, 1.165) is 28.5 Å². The normalized spacial score (nSPS) is 15.1. The Kier molecular flexibility index (Phi) is 8.67. The smallest absolute Gasteiger partial charge is 0.266 e. The first-order chi connectivity index (χ1) is 20.5. The number of aromatic hydroxyl groups is 2. The van der Waals surface area contributed by atoms with Gasteiger partial charge in [-0.3, -0.25) is 14.5 Å². The van der Waals surface area contributed by atoms with E-state index in [4.69, 9.17) is 12.2 Å². The predicted molar refractivity (Wildman–Crippen MR) is 171 cm³/mol. The van der Waals surface area contributed by atoms with Crippen molar-refractivity contribution in [3.05, 3.63) is 119 Å². The lowest BCUT2D eigenvalue weighted by Gasteiger charge is -2.26. The van der Waals surface area contributed by atoms with E-state index in [1.54, 1.807) is 66.7 Å². The van der Waals surface area contributed by atoms with Gasteiger partial charge in [0.15, 0.2) is 0 Å². The average molecular weight is 631 g/mol. The molecule has 0 radical (unpaired) electrons. The number of benzene rings is 4. The summed E-state index contributed by atoms with van der Waals surface area (Å²) in [5, 5.41) is 19.6. The molecule has 1 heterocycles. The maximum absolute atomic E-state index is 13.7. The minimum Gasteiger partial charge on any atom is -0.508 e. The van der Waals surface area contributed by atoms with Crippen molar-refractivity contribution in [1.82, 2.24) is 9.62 Å². The van der Waals surface area contributed by atoms with Gasteiger partial charge in [-0.1, -0.05) is 96.3 Å². The molecule has 0 unspecified atom stereocenters. The first-order valence-electron chi connectivity index (χ1n) is 13.1. The monoisotopic (exact) mass is 630 g/mol. The minimum absolute atomic E-state index is 0.0429. The largest absolute Gasteiger partial charge is 0.508 e. The molecule has 1 fully saturated rings. The fraction of sp³-hybridized carbons (Fsp3) is 0.0938. The molecule has 43 heavy (non-hydrogen) atoms. The molecule has 3 N–H and O–H groups in total. The van der Waals surface area contributed by atoms with Crippen LogP contribution in [0.25, 0.3) is 17.2 Å². The molecule has 218 valence electrons. The Labute approximate surface area is 258 Å². The molecule has 0 aliphatic carbocycles. The van der Waals surface area contributed by atoms with E-state index in [9.17, 15) is 28.2 Å². The van der Waals surface area contributed by atoms with Gasteiger partial charge in [-0.15, -0.1) is 0 Å². The van der Waals surface area contributed by atoms with Crippen molar-refractivity contribution in [3.63, 3.8) is 0 Å². The number of carbonyl (C=O) groups is 2. The molecule has 0 aromatic heterocycles. The molecule has 1 saturated heterocycles. The molecule has 2 amide bonds. The molecule has 0 spiro atoms. The lowest BCUT2D eigenvalue weighted by atomic mass is 10.0. The zero-order chi connectivity index (χ0) is 30.7. The van der Waals surface area contributed by atoms with Crippen LogP contribution in [-0.2, 0) is 26.0 Å². The van der Waals surface area contributed by atoms with Crippen LogP contribution in [0.5, 0.6) is 11.5 Å². The van der Waals surface area contributed by atoms with Crippen molar-refractivity contribution in [3.8, 4) is 22.6 Å². The van der Waals surface area contributed by atoms with E-state index in [1.807, 2.05) is 13.0 Å². The molecular formula is C32H26N2O6S3. The molecular weight excluding hydrogens is 605 g/mol. The van der Waals surface area contributed by atoms with Crippen LogP contribution < -0.4 is 4.72 Å². The summed E-state index contributed by atoms with van der Waals surface area (Å²) in [4.78, 5) is 28.6. The predicted octanol–water partition coefficient (Wildman–Crippen LogP) is 5.39. The Morgan fingerprint density at radius 2 is 1.56 bits per heavy atom. The first kappa shape index (κ1) is 30.0. The third kappa shape index (κ3) is 6.96. The minimum atomic E-state index is -4.21. The van der Waals surface area contributed by atoms with Crippen molar-refractivity contribution in [1.29, 1.82) is 0 Å². The Morgan fingerprint density at radius 3 is 2.19 bits per heavy atom. The van der Waals surface area contributed by atoms with Gasteiger partial charge in [0.2, 0.25) is 0 Å².